The van der Waals surface area contributed by atoms with Gasteiger partial charge < -0.3 is 25.4 Å². The van der Waals surface area contributed by atoms with Crippen LogP contribution in [-0.2, 0) is 6.54 Å². The maximum Gasteiger partial charge on any atom is 0.161 e. The average molecular weight is 241 g/mol. The van der Waals surface area contributed by atoms with Gasteiger partial charge in [-0.05, 0) is 24.6 Å². The molecule has 0 atom stereocenters. The van der Waals surface area contributed by atoms with Crippen LogP contribution in [0.15, 0.2) is 18.2 Å². The van der Waals surface area contributed by atoms with Crippen molar-refractivity contribution in [2.24, 2.45) is 0 Å². The molecule has 0 amide bonds. The van der Waals surface area contributed by atoms with Crippen molar-refractivity contribution in [1.29, 1.82) is 0 Å². The third-order valence-electron chi connectivity index (χ3n) is 2.36. The fraction of sp³-hybridized carbons (Fsp3) is 0.500. The molecule has 0 aliphatic carbocycles. The average Bonchev–Trinajstić information content (AvgIpc) is 2.34. The van der Waals surface area contributed by atoms with Crippen molar-refractivity contribution in [1.82, 2.24) is 5.32 Å². The van der Waals surface area contributed by atoms with Crippen molar-refractivity contribution in [3.63, 3.8) is 0 Å². The summed E-state index contributed by atoms with van der Waals surface area (Å²) in [7, 11) is 0. The van der Waals surface area contributed by atoms with Crippen molar-refractivity contribution in [3.05, 3.63) is 23.8 Å². The van der Waals surface area contributed by atoms with E-state index in [0.29, 0.717) is 18.9 Å². The molecule has 5 nitrogen and oxygen atoms in total. The number of phenolic OH excluding ortho intramolecular Hbond substituents is 1. The second kappa shape index (κ2) is 7.11. The molecule has 0 bridgehead atoms. The highest BCUT2D eigenvalue weighted by Crippen LogP contribution is 2.26. The summed E-state index contributed by atoms with van der Waals surface area (Å²) in [5.41, 5.74) is 0.915. The molecular weight excluding hydrogens is 222 g/mol. The second-order valence-electron chi connectivity index (χ2n) is 3.68. The van der Waals surface area contributed by atoms with Gasteiger partial charge in [0.2, 0.25) is 0 Å². The van der Waals surface area contributed by atoms with Crippen LogP contribution in [0.4, 0.5) is 0 Å². The van der Waals surface area contributed by atoms with Gasteiger partial charge in [0.15, 0.2) is 11.5 Å². The number of hydrogen-bond acceptors (Lipinski definition) is 5. The van der Waals surface area contributed by atoms with E-state index >= 15 is 0 Å². The minimum absolute atomic E-state index is 0.108. The van der Waals surface area contributed by atoms with Gasteiger partial charge in [-0.15, -0.1) is 0 Å². The first-order valence-electron chi connectivity index (χ1n) is 5.61. The van der Waals surface area contributed by atoms with E-state index in [9.17, 15) is 5.11 Å². The molecule has 0 spiro atoms. The summed E-state index contributed by atoms with van der Waals surface area (Å²) in [6.07, 6.45) is 0. The second-order valence-corrected chi connectivity index (χ2v) is 3.68. The first kappa shape index (κ1) is 13.8. The van der Waals surface area contributed by atoms with Crippen LogP contribution in [0.3, 0.4) is 0 Å². The van der Waals surface area contributed by atoms with E-state index in [4.69, 9.17) is 14.9 Å². The summed E-state index contributed by atoms with van der Waals surface area (Å²) in [5.74, 6) is 0.549. The number of benzene rings is 1. The van der Waals surface area contributed by atoms with Gasteiger partial charge in [0.05, 0.1) is 25.9 Å². The molecule has 0 radical (unpaired) electrons. The molecule has 1 rings (SSSR count). The van der Waals surface area contributed by atoms with Crippen LogP contribution in [0.25, 0.3) is 0 Å². The Morgan fingerprint density at radius 2 is 2.00 bits per heavy atom. The number of nitrogens with one attached hydrogen (secondary N) is 1. The zero-order valence-corrected chi connectivity index (χ0v) is 9.89. The molecule has 4 N–H and O–H groups in total. The van der Waals surface area contributed by atoms with Crippen LogP contribution in [0.5, 0.6) is 11.5 Å². The normalized spacial score (nSPS) is 10.8. The number of aliphatic hydroxyl groups excluding tert-OH is 2. The van der Waals surface area contributed by atoms with Gasteiger partial charge in [-0.3, -0.25) is 0 Å². The standard InChI is InChI=1S/C12H19NO4/c1-2-17-12-5-9(3-4-11(12)16)6-13-10(7-14)8-15/h3-5,10,13-16H,2,6-8H2,1H3. The molecule has 0 aliphatic rings. The Balaban J connectivity index is 2.62. The monoisotopic (exact) mass is 241 g/mol. The number of aromatic hydroxyl groups is 1. The summed E-state index contributed by atoms with van der Waals surface area (Å²) in [5, 5.41) is 30.3. The number of rotatable bonds is 7. The van der Waals surface area contributed by atoms with E-state index in [1.807, 2.05) is 6.92 Å². The molecule has 0 saturated carbocycles. The lowest BCUT2D eigenvalue weighted by Gasteiger charge is -2.14. The van der Waals surface area contributed by atoms with E-state index in [2.05, 4.69) is 5.32 Å². The van der Waals surface area contributed by atoms with Crippen LogP contribution < -0.4 is 10.1 Å². The Bertz CT molecular complexity index is 339. The largest absolute Gasteiger partial charge is 0.504 e. The number of aliphatic hydroxyl groups is 2. The molecule has 0 aromatic heterocycles. The molecule has 0 unspecified atom stereocenters. The van der Waals surface area contributed by atoms with Crippen LogP contribution in [0.1, 0.15) is 12.5 Å². The molecule has 5 heteroatoms. The topological polar surface area (TPSA) is 82.0 Å². The van der Waals surface area contributed by atoms with Gasteiger partial charge in [0.25, 0.3) is 0 Å². The molecule has 0 fully saturated rings. The predicted octanol–water partition coefficient (Wildman–Crippen LogP) is 0.234. The molecular formula is C12H19NO4. The minimum atomic E-state index is -0.334. The van der Waals surface area contributed by atoms with Crippen molar-refractivity contribution >= 4 is 0 Å². The van der Waals surface area contributed by atoms with Crippen LogP contribution in [-0.4, -0.2) is 41.2 Å². The van der Waals surface area contributed by atoms with Gasteiger partial charge in [-0.1, -0.05) is 6.07 Å². The highest BCUT2D eigenvalue weighted by molar-refractivity contribution is 5.41. The minimum Gasteiger partial charge on any atom is -0.504 e. The quantitative estimate of drug-likeness (QED) is 0.549. The van der Waals surface area contributed by atoms with Gasteiger partial charge in [-0.2, -0.15) is 0 Å². The highest BCUT2D eigenvalue weighted by Gasteiger charge is 2.07. The van der Waals surface area contributed by atoms with Gasteiger partial charge >= 0.3 is 0 Å². The number of phenols is 1. The van der Waals surface area contributed by atoms with Crippen molar-refractivity contribution in [3.8, 4) is 11.5 Å². The molecule has 1 aromatic rings. The maximum absolute atomic E-state index is 9.51. The number of hydrogen-bond donors (Lipinski definition) is 4. The van der Waals surface area contributed by atoms with E-state index < -0.39 is 0 Å². The lowest BCUT2D eigenvalue weighted by atomic mass is 10.2. The summed E-state index contributed by atoms with van der Waals surface area (Å²) >= 11 is 0. The zero-order valence-electron chi connectivity index (χ0n) is 9.89. The van der Waals surface area contributed by atoms with Crippen molar-refractivity contribution < 1.29 is 20.1 Å². The van der Waals surface area contributed by atoms with E-state index in [0.717, 1.165) is 5.56 Å². The van der Waals surface area contributed by atoms with Crippen molar-refractivity contribution in [2.45, 2.75) is 19.5 Å². The molecule has 0 heterocycles. The summed E-state index contributed by atoms with van der Waals surface area (Å²) in [6.45, 7) is 2.59. The molecule has 0 aliphatic heterocycles. The third kappa shape index (κ3) is 4.22. The van der Waals surface area contributed by atoms with Crippen LogP contribution in [0, 0.1) is 0 Å². The van der Waals surface area contributed by atoms with Gasteiger partial charge in [0.1, 0.15) is 0 Å². The Morgan fingerprint density at radius 3 is 2.59 bits per heavy atom. The van der Waals surface area contributed by atoms with Gasteiger partial charge in [-0.25, -0.2) is 0 Å². The Labute approximate surface area is 101 Å². The maximum atomic E-state index is 9.51. The van der Waals surface area contributed by atoms with Crippen LogP contribution in [0.2, 0.25) is 0 Å². The van der Waals surface area contributed by atoms with Gasteiger partial charge in [0, 0.05) is 6.54 Å². The molecule has 96 valence electrons. The highest BCUT2D eigenvalue weighted by atomic mass is 16.5. The Hall–Kier alpha value is -1.30. The number of ether oxygens (including phenoxy) is 1. The SMILES string of the molecule is CCOc1cc(CNC(CO)CO)ccc1O. The van der Waals surface area contributed by atoms with E-state index in [-0.39, 0.29) is 25.0 Å². The molecule has 0 saturated heterocycles. The molecule has 17 heavy (non-hydrogen) atoms. The Morgan fingerprint density at radius 1 is 1.29 bits per heavy atom. The summed E-state index contributed by atoms with van der Waals surface area (Å²) < 4.78 is 5.26. The van der Waals surface area contributed by atoms with E-state index in [1.54, 1.807) is 18.2 Å². The van der Waals surface area contributed by atoms with Crippen molar-refractivity contribution in [2.75, 3.05) is 19.8 Å². The first-order valence-corrected chi connectivity index (χ1v) is 5.61. The van der Waals surface area contributed by atoms with E-state index in [1.165, 1.54) is 0 Å². The fourth-order valence-corrected chi connectivity index (χ4v) is 1.39. The smallest absolute Gasteiger partial charge is 0.161 e. The van der Waals surface area contributed by atoms with Crippen LogP contribution >= 0.6 is 0 Å². The molecule has 1 aromatic carbocycles. The summed E-state index contributed by atoms with van der Waals surface area (Å²) in [6, 6.07) is 4.72. The zero-order chi connectivity index (χ0) is 12.7. The fourth-order valence-electron chi connectivity index (χ4n) is 1.39. The first-order chi connectivity index (χ1) is 8.21. The summed E-state index contributed by atoms with van der Waals surface area (Å²) in [4.78, 5) is 0. The third-order valence-corrected chi connectivity index (χ3v) is 2.36. The lowest BCUT2D eigenvalue weighted by molar-refractivity contribution is 0.170. The lowest BCUT2D eigenvalue weighted by Crippen LogP contribution is -2.35. The predicted molar refractivity (Wildman–Crippen MR) is 64.1 cm³/mol. The Kier molecular flexibility index (Phi) is 5.76.